The van der Waals surface area contributed by atoms with Gasteiger partial charge in [0.25, 0.3) is 5.91 Å². The first-order valence-corrected chi connectivity index (χ1v) is 7.72. The van der Waals surface area contributed by atoms with Gasteiger partial charge in [-0.25, -0.2) is 5.84 Å². The number of nitrogens with two attached hydrogens (primary N) is 1. The zero-order chi connectivity index (χ0) is 14.0. The molecule has 5 heteroatoms. The van der Waals surface area contributed by atoms with Gasteiger partial charge in [-0.05, 0) is 42.2 Å². The number of rotatable bonds is 3. The second kappa shape index (κ2) is 6.03. The molecular formula is C14H23N3OS. The SMILES string of the molecule is CC1CC(C)C(C)N(Cc2ccsc2C(=O)NN)C1. The Balaban J connectivity index is 2.12. The van der Waals surface area contributed by atoms with E-state index >= 15 is 0 Å². The second-order valence-electron chi connectivity index (χ2n) is 5.74. The van der Waals surface area contributed by atoms with Crippen LogP contribution in [0, 0.1) is 11.8 Å². The maximum Gasteiger partial charge on any atom is 0.275 e. The fourth-order valence-corrected chi connectivity index (χ4v) is 3.80. The predicted molar refractivity (Wildman–Crippen MR) is 78.8 cm³/mol. The molecule has 2 rings (SSSR count). The van der Waals surface area contributed by atoms with Crippen LogP contribution in [0.3, 0.4) is 0 Å². The molecule has 3 N–H and O–H groups in total. The van der Waals surface area contributed by atoms with Crippen molar-refractivity contribution < 1.29 is 4.79 Å². The zero-order valence-corrected chi connectivity index (χ0v) is 12.7. The molecule has 0 aromatic carbocycles. The van der Waals surface area contributed by atoms with E-state index in [1.165, 1.54) is 17.8 Å². The normalized spacial score (nSPS) is 28.3. The number of nitrogens with one attached hydrogen (secondary N) is 1. The number of hydrazine groups is 1. The summed E-state index contributed by atoms with van der Waals surface area (Å²) in [5.41, 5.74) is 3.31. The van der Waals surface area contributed by atoms with Crippen LogP contribution in [0.1, 0.15) is 42.4 Å². The fourth-order valence-electron chi connectivity index (χ4n) is 2.98. The van der Waals surface area contributed by atoms with Gasteiger partial charge in [0, 0.05) is 19.1 Å². The van der Waals surface area contributed by atoms with E-state index in [0.29, 0.717) is 12.0 Å². The second-order valence-corrected chi connectivity index (χ2v) is 6.65. The van der Waals surface area contributed by atoms with Gasteiger partial charge in [-0.3, -0.25) is 15.1 Å². The highest BCUT2D eigenvalue weighted by molar-refractivity contribution is 7.12. The van der Waals surface area contributed by atoms with Crippen molar-refractivity contribution >= 4 is 17.2 Å². The van der Waals surface area contributed by atoms with Crippen LogP contribution < -0.4 is 11.3 Å². The Morgan fingerprint density at radius 2 is 2.26 bits per heavy atom. The minimum absolute atomic E-state index is 0.184. The molecule has 0 bridgehead atoms. The summed E-state index contributed by atoms with van der Waals surface area (Å²) in [6, 6.07) is 2.59. The molecule has 1 amide bonds. The van der Waals surface area contributed by atoms with Crippen LogP contribution >= 0.6 is 11.3 Å². The molecule has 0 radical (unpaired) electrons. The van der Waals surface area contributed by atoms with Crippen LogP contribution in [0.2, 0.25) is 0 Å². The molecule has 106 valence electrons. The van der Waals surface area contributed by atoms with Gasteiger partial charge in [-0.15, -0.1) is 11.3 Å². The number of nitrogens with zero attached hydrogens (tertiary/aromatic N) is 1. The highest BCUT2D eigenvalue weighted by atomic mass is 32.1. The molecule has 1 aliphatic heterocycles. The van der Waals surface area contributed by atoms with E-state index in [1.807, 2.05) is 11.4 Å². The molecule has 2 heterocycles. The standard InChI is InChI=1S/C14H23N3OS/c1-9-6-10(2)11(3)17(7-9)8-12-4-5-19-13(12)14(18)16-15/h4-5,9-11H,6-8,15H2,1-3H3,(H,16,18). The first-order chi connectivity index (χ1) is 9.02. The molecule has 4 nitrogen and oxygen atoms in total. The van der Waals surface area contributed by atoms with Gasteiger partial charge in [0.05, 0.1) is 4.88 Å². The Morgan fingerprint density at radius 3 is 2.95 bits per heavy atom. The van der Waals surface area contributed by atoms with Gasteiger partial charge < -0.3 is 0 Å². The summed E-state index contributed by atoms with van der Waals surface area (Å²) in [6.45, 7) is 8.84. The molecule has 0 spiro atoms. The summed E-state index contributed by atoms with van der Waals surface area (Å²) < 4.78 is 0. The zero-order valence-electron chi connectivity index (χ0n) is 11.8. The van der Waals surface area contributed by atoms with Crippen LogP contribution in [0.15, 0.2) is 11.4 Å². The van der Waals surface area contributed by atoms with Crippen molar-refractivity contribution in [2.45, 2.75) is 39.8 Å². The number of likely N-dealkylation sites (tertiary alicyclic amines) is 1. The van der Waals surface area contributed by atoms with Crippen LogP contribution in [0.4, 0.5) is 0 Å². The van der Waals surface area contributed by atoms with Gasteiger partial charge in [-0.1, -0.05) is 13.8 Å². The maximum atomic E-state index is 11.7. The lowest BCUT2D eigenvalue weighted by molar-refractivity contribution is 0.0725. The number of piperidine rings is 1. The molecule has 1 aromatic rings. The van der Waals surface area contributed by atoms with Crippen LogP contribution in [-0.2, 0) is 6.54 Å². The lowest BCUT2D eigenvalue weighted by atomic mass is 9.86. The van der Waals surface area contributed by atoms with Crippen LogP contribution in [-0.4, -0.2) is 23.4 Å². The summed E-state index contributed by atoms with van der Waals surface area (Å²) in [5, 5.41) is 1.96. The third-order valence-corrected chi connectivity index (χ3v) is 5.13. The van der Waals surface area contributed by atoms with Crippen molar-refractivity contribution in [1.82, 2.24) is 10.3 Å². The molecule has 1 aromatic heterocycles. The summed E-state index contributed by atoms with van der Waals surface area (Å²) in [5.74, 6) is 6.47. The quantitative estimate of drug-likeness (QED) is 0.507. The Kier molecular flexibility index (Phi) is 4.60. The molecule has 0 saturated carbocycles. The lowest BCUT2D eigenvalue weighted by Gasteiger charge is -2.41. The van der Waals surface area contributed by atoms with E-state index in [0.717, 1.165) is 29.4 Å². The monoisotopic (exact) mass is 281 g/mol. The van der Waals surface area contributed by atoms with E-state index in [4.69, 9.17) is 5.84 Å². The minimum Gasteiger partial charge on any atom is -0.296 e. The molecule has 1 fully saturated rings. The van der Waals surface area contributed by atoms with Crippen molar-refractivity contribution in [3.05, 3.63) is 21.9 Å². The van der Waals surface area contributed by atoms with E-state index in [9.17, 15) is 4.79 Å². The number of hydrogen-bond donors (Lipinski definition) is 2. The third kappa shape index (κ3) is 3.16. The summed E-state index contributed by atoms with van der Waals surface area (Å²) in [4.78, 5) is 14.9. The third-order valence-electron chi connectivity index (χ3n) is 4.18. The molecule has 1 aliphatic rings. The van der Waals surface area contributed by atoms with Gasteiger partial charge >= 0.3 is 0 Å². The predicted octanol–water partition coefficient (Wildman–Crippen LogP) is 2.22. The smallest absolute Gasteiger partial charge is 0.275 e. The largest absolute Gasteiger partial charge is 0.296 e. The lowest BCUT2D eigenvalue weighted by Crippen LogP contribution is -2.45. The Hall–Kier alpha value is -0.910. The van der Waals surface area contributed by atoms with Crippen molar-refractivity contribution in [2.24, 2.45) is 17.7 Å². The maximum absolute atomic E-state index is 11.7. The molecule has 0 aliphatic carbocycles. The number of hydrogen-bond acceptors (Lipinski definition) is 4. The highest BCUT2D eigenvalue weighted by Crippen LogP contribution is 2.29. The average molecular weight is 281 g/mol. The number of amides is 1. The van der Waals surface area contributed by atoms with Crippen molar-refractivity contribution in [3.8, 4) is 0 Å². The van der Waals surface area contributed by atoms with Crippen LogP contribution in [0.5, 0.6) is 0 Å². The van der Waals surface area contributed by atoms with Crippen molar-refractivity contribution in [2.75, 3.05) is 6.54 Å². The fraction of sp³-hybridized carbons (Fsp3) is 0.643. The molecule has 1 saturated heterocycles. The van der Waals surface area contributed by atoms with Crippen molar-refractivity contribution in [3.63, 3.8) is 0 Å². The topological polar surface area (TPSA) is 58.4 Å². The Bertz CT molecular complexity index is 446. The van der Waals surface area contributed by atoms with Gasteiger partial charge in [0.15, 0.2) is 0 Å². The summed E-state index contributed by atoms with van der Waals surface area (Å²) >= 11 is 1.45. The number of thiophene rings is 1. The Morgan fingerprint density at radius 1 is 1.53 bits per heavy atom. The minimum atomic E-state index is -0.184. The summed E-state index contributed by atoms with van der Waals surface area (Å²) in [7, 11) is 0. The van der Waals surface area contributed by atoms with Gasteiger partial charge in [0.1, 0.15) is 0 Å². The van der Waals surface area contributed by atoms with E-state index in [-0.39, 0.29) is 5.91 Å². The van der Waals surface area contributed by atoms with Crippen LogP contribution in [0.25, 0.3) is 0 Å². The van der Waals surface area contributed by atoms with Gasteiger partial charge in [0.2, 0.25) is 0 Å². The van der Waals surface area contributed by atoms with Crippen molar-refractivity contribution in [1.29, 1.82) is 0 Å². The first-order valence-electron chi connectivity index (χ1n) is 6.84. The van der Waals surface area contributed by atoms with Gasteiger partial charge in [-0.2, -0.15) is 0 Å². The number of carbonyl (C=O) groups excluding carboxylic acids is 1. The van der Waals surface area contributed by atoms with E-state index in [1.54, 1.807) is 0 Å². The molecule has 3 atom stereocenters. The van der Waals surface area contributed by atoms with E-state index < -0.39 is 0 Å². The average Bonchev–Trinajstić information content (AvgIpc) is 2.82. The summed E-state index contributed by atoms with van der Waals surface area (Å²) in [6.07, 6.45) is 1.29. The molecular weight excluding hydrogens is 258 g/mol. The highest BCUT2D eigenvalue weighted by Gasteiger charge is 2.29. The Labute approximate surface area is 118 Å². The molecule has 19 heavy (non-hydrogen) atoms. The first kappa shape index (κ1) is 14.5. The molecule has 3 unspecified atom stereocenters. The van der Waals surface area contributed by atoms with E-state index in [2.05, 4.69) is 31.1 Å². The number of nitrogen functional groups attached to an aromatic ring is 1. The number of carbonyl (C=O) groups is 1.